The van der Waals surface area contributed by atoms with Crippen LogP contribution in [0, 0.1) is 0 Å². The third-order valence-corrected chi connectivity index (χ3v) is 6.75. The number of aromatic nitrogens is 2. The molecule has 1 fully saturated rings. The minimum absolute atomic E-state index is 0.0846. The second-order valence-electron chi connectivity index (χ2n) is 9.09. The van der Waals surface area contributed by atoms with Crippen molar-refractivity contribution >= 4 is 28.6 Å². The molecule has 2 aliphatic rings. The Morgan fingerprint density at radius 3 is 2.68 bits per heavy atom. The predicted molar refractivity (Wildman–Crippen MR) is 134 cm³/mol. The normalized spacial score (nSPS) is 21.0. The number of likely N-dealkylation sites (N-methyl/N-ethyl adjacent to an activating group) is 1. The molecule has 3 aromatic rings. The van der Waals surface area contributed by atoms with Gasteiger partial charge in [0.05, 0.1) is 17.4 Å². The average molecular weight is 517 g/mol. The van der Waals surface area contributed by atoms with Crippen LogP contribution in [-0.2, 0) is 11.8 Å². The Morgan fingerprint density at radius 2 is 1.97 bits per heavy atom. The maximum absolute atomic E-state index is 14.0. The number of nitrogens with two attached hydrogens (primary N) is 1. The molecule has 0 saturated carbocycles. The van der Waals surface area contributed by atoms with E-state index in [1.807, 2.05) is 6.92 Å². The maximum Gasteiger partial charge on any atom is 0.420 e. The molecule has 196 valence electrons. The van der Waals surface area contributed by atoms with Gasteiger partial charge in [0, 0.05) is 32.4 Å². The average Bonchev–Trinajstić information content (AvgIpc) is 3.25. The number of hydrogen-bond acceptors (Lipinski definition) is 9. The Kier molecular flexibility index (Phi) is 6.20. The number of piperazine rings is 1. The van der Waals surface area contributed by atoms with Crippen LogP contribution in [0.1, 0.15) is 25.0 Å². The summed E-state index contributed by atoms with van der Waals surface area (Å²) in [6.07, 6.45) is -1.71. The summed E-state index contributed by atoms with van der Waals surface area (Å²) in [7, 11) is 0. The van der Waals surface area contributed by atoms with Gasteiger partial charge >= 0.3 is 11.9 Å². The van der Waals surface area contributed by atoms with E-state index >= 15 is 0 Å². The lowest BCUT2D eigenvalue weighted by Crippen LogP contribution is -2.57. The fourth-order valence-electron chi connectivity index (χ4n) is 4.54. The van der Waals surface area contributed by atoms with Crippen LogP contribution >= 0.6 is 0 Å². The zero-order chi connectivity index (χ0) is 26.4. The van der Waals surface area contributed by atoms with E-state index in [4.69, 9.17) is 10.2 Å². The summed E-state index contributed by atoms with van der Waals surface area (Å²) < 4.78 is 47.1. The van der Waals surface area contributed by atoms with Crippen molar-refractivity contribution in [2.24, 2.45) is 10.7 Å². The fourth-order valence-corrected chi connectivity index (χ4v) is 4.54. The van der Waals surface area contributed by atoms with Crippen LogP contribution in [0.5, 0.6) is 0 Å². The van der Waals surface area contributed by atoms with Gasteiger partial charge < -0.3 is 30.6 Å². The summed E-state index contributed by atoms with van der Waals surface area (Å²) in [5.74, 6) is -0.526. The number of nitrogens with zero attached hydrogens (tertiary/aromatic N) is 4. The van der Waals surface area contributed by atoms with Crippen molar-refractivity contribution in [3.63, 3.8) is 0 Å². The molecule has 4 heterocycles. The molecular formula is C24H27F3N8O2. The third-order valence-electron chi connectivity index (χ3n) is 6.75. The quantitative estimate of drug-likeness (QED) is 0.417. The van der Waals surface area contributed by atoms with Crippen LogP contribution < -0.4 is 27.0 Å². The summed E-state index contributed by atoms with van der Waals surface area (Å²) >= 11 is 0. The van der Waals surface area contributed by atoms with Crippen LogP contribution in [0.3, 0.4) is 0 Å². The van der Waals surface area contributed by atoms with Gasteiger partial charge in [0.25, 0.3) is 0 Å². The van der Waals surface area contributed by atoms with E-state index in [-0.39, 0.29) is 17.5 Å². The Hall–Kier alpha value is -3.84. The number of guanidine groups is 1. The van der Waals surface area contributed by atoms with Crippen LogP contribution in [0.15, 0.2) is 56.4 Å². The van der Waals surface area contributed by atoms with Gasteiger partial charge in [-0.3, -0.25) is 4.98 Å². The molecule has 2 aliphatic heterocycles. The van der Waals surface area contributed by atoms with Crippen LogP contribution in [0.2, 0.25) is 0 Å². The number of H-pyrrole nitrogens is 1. The topological polar surface area (TPSA) is 128 Å². The molecule has 13 heteroatoms. The molecule has 1 saturated heterocycles. The Morgan fingerprint density at radius 1 is 1.22 bits per heavy atom. The van der Waals surface area contributed by atoms with Crippen molar-refractivity contribution in [1.82, 2.24) is 20.2 Å². The smallest absolute Gasteiger partial charge is 0.408 e. The van der Waals surface area contributed by atoms with Crippen LogP contribution in [-0.4, -0.2) is 53.6 Å². The lowest BCUT2D eigenvalue weighted by molar-refractivity contribution is -0.137. The first-order chi connectivity index (χ1) is 17.6. The van der Waals surface area contributed by atoms with Gasteiger partial charge in [-0.15, -0.1) is 0 Å². The van der Waals surface area contributed by atoms with Crippen molar-refractivity contribution in [3.05, 3.63) is 63.9 Å². The van der Waals surface area contributed by atoms with Gasteiger partial charge in [-0.05, 0) is 42.8 Å². The van der Waals surface area contributed by atoms with Crippen LogP contribution in [0.4, 0.5) is 24.7 Å². The molecule has 5 N–H and O–H groups in total. The van der Waals surface area contributed by atoms with Crippen molar-refractivity contribution in [2.45, 2.75) is 25.7 Å². The first kappa shape index (κ1) is 24.8. The highest BCUT2D eigenvalue weighted by Gasteiger charge is 2.38. The number of pyridine rings is 1. The number of oxazole rings is 1. The Bertz CT molecular complexity index is 1440. The molecular weight excluding hydrogens is 489 g/mol. The highest BCUT2D eigenvalue weighted by atomic mass is 19.4. The molecule has 1 atom stereocenters. The lowest BCUT2D eigenvalue weighted by Gasteiger charge is -2.36. The SMILES string of the molecule is CCN1CCN(c2ncc(NC3=NC=C(C)C(N)(c4ccc5oc(=O)[nH]c5c4)N3)cc2C(F)(F)F)CC1. The number of alkyl halides is 3. The number of hydrogen-bond donors (Lipinski definition) is 4. The molecule has 0 bridgehead atoms. The minimum Gasteiger partial charge on any atom is -0.408 e. The van der Waals surface area contributed by atoms with Gasteiger partial charge in [0.2, 0.25) is 5.96 Å². The molecule has 5 rings (SSSR count). The fraction of sp³-hybridized carbons (Fsp3) is 0.375. The van der Waals surface area contributed by atoms with Gasteiger partial charge in [-0.2, -0.15) is 13.2 Å². The summed E-state index contributed by atoms with van der Waals surface area (Å²) in [5, 5.41) is 5.94. The number of halogens is 3. The first-order valence-electron chi connectivity index (χ1n) is 11.8. The summed E-state index contributed by atoms with van der Waals surface area (Å²) in [6.45, 7) is 6.95. The van der Waals surface area contributed by atoms with E-state index in [9.17, 15) is 18.0 Å². The Balaban J connectivity index is 1.40. The molecule has 2 aromatic heterocycles. The second kappa shape index (κ2) is 9.23. The van der Waals surface area contributed by atoms with E-state index in [1.54, 1.807) is 30.0 Å². The lowest BCUT2D eigenvalue weighted by atomic mass is 9.92. The Labute approximate surface area is 210 Å². The van der Waals surface area contributed by atoms with Crippen molar-refractivity contribution in [1.29, 1.82) is 0 Å². The summed E-state index contributed by atoms with van der Waals surface area (Å²) in [6, 6.07) is 6.01. The van der Waals surface area contributed by atoms with Crippen LogP contribution in [0.25, 0.3) is 11.1 Å². The molecule has 1 unspecified atom stereocenters. The largest absolute Gasteiger partial charge is 0.420 e. The molecule has 0 radical (unpaired) electrons. The number of anilines is 2. The van der Waals surface area contributed by atoms with Gasteiger partial charge in [0.1, 0.15) is 17.0 Å². The number of fused-ring (bicyclic) bond motifs is 1. The predicted octanol–water partition coefficient (Wildman–Crippen LogP) is 2.76. The van der Waals surface area contributed by atoms with Crippen molar-refractivity contribution in [2.75, 3.05) is 42.9 Å². The monoisotopic (exact) mass is 516 g/mol. The highest BCUT2D eigenvalue weighted by Crippen LogP contribution is 2.37. The highest BCUT2D eigenvalue weighted by molar-refractivity contribution is 5.95. The molecule has 0 spiro atoms. The zero-order valence-corrected chi connectivity index (χ0v) is 20.3. The summed E-state index contributed by atoms with van der Waals surface area (Å²) in [5.41, 5.74) is 6.82. The van der Waals surface area contributed by atoms with E-state index in [2.05, 4.69) is 30.5 Å². The zero-order valence-electron chi connectivity index (χ0n) is 20.3. The number of rotatable bonds is 4. The molecule has 10 nitrogen and oxygen atoms in total. The van der Waals surface area contributed by atoms with Crippen molar-refractivity contribution < 1.29 is 17.6 Å². The molecule has 0 amide bonds. The number of aliphatic imine (C=N–C) groups is 1. The van der Waals surface area contributed by atoms with Crippen molar-refractivity contribution in [3.8, 4) is 0 Å². The van der Waals surface area contributed by atoms with Gasteiger partial charge in [-0.1, -0.05) is 13.0 Å². The molecule has 1 aromatic carbocycles. The maximum atomic E-state index is 14.0. The minimum atomic E-state index is -4.59. The molecule has 0 aliphatic carbocycles. The number of aromatic amines is 1. The first-order valence-corrected chi connectivity index (χ1v) is 11.8. The number of nitrogens with one attached hydrogen (secondary N) is 3. The van der Waals surface area contributed by atoms with E-state index in [0.29, 0.717) is 48.4 Å². The summed E-state index contributed by atoms with van der Waals surface area (Å²) in [4.78, 5) is 26.4. The van der Waals surface area contributed by atoms with Gasteiger partial charge in [0.15, 0.2) is 5.58 Å². The number of benzene rings is 1. The van der Waals surface area contributed by atoms with E-state index in [0.717, 1.165) is 12.6 Å². The standard InChI is InChI=1S/C24H27F3N8O2/c1-3-34-6-8-35(9-7-34)20-17(24(25,26)27)11-16(13-29-20)31-21-30-12-14(2)23(28,33-21)15-4-5-19-18(10-15)32-22(36)37-19/h4-5,10-13H,3,6-9,28H2,1-2H3,(H,32,36)(H2,30,31,33). The second-order valence-corrected chi connectivity index (χ2v) is 9.09. The van der Waals surface area contributed by atoms with E-state index < -0.39 is 23.2 Å². The molecule has 37 heavy (non-hydrogen) atoms. The third kappa shape index (κ3) is 4.79. The van der Waals surface area contributed by atoms with E-state index in [1.165, 1.54) is 12.4 Å². The van der Waals surface area contributed by atoms with Gasteiger partial charge in [-0.25, -0.2) is 14.8 Å².